The largest absolute Gasteiger partial charge is 0.311 e. The van der Waals surface area contributed by atoms with Gasteiger partial charge < -0.3 is 5.32 Å². The Morgan fingerprint density at radius 1 is 1.37 bits per heavy atom. The van der Waals surface area contributed by atoms with E-state index < -0.39 is 0 Å². The first-order chi connectivity index (χ1) is 9.11. The van der Waals surface area contributed by atoms with Crippen molar-refractivity contribution in [1.29, 1.82) is 0 Å². The van der Waals surface area contributed by atoms with Gasteiger partial charge >= 0.3 is 0 Å². The van der Waals surface area contributed by atoms with Crippen molar-refractivity contribution in [2.75, 3.05) is 6.54 Å². The van der Waals surface area contributed by atoms with Crippen molar-refractivity contribution >= 4 is 11.6 Å². The lowest BCUT2D eigenvalue weighted by molar-refractivity contribution is 0.577. The molecule has 0 atom stereocenters. The van der Waals surface area contributed by atoms with Crippen molar-refractivity contribution in [3.8, 4) is 0 Å². The topological polar surface area (TPSA) is 47.7 Å². The smallest absolute Gasteiger partial charge is 0.0860 e. The maximum Gasteiger partial charge on any atom is 0.0860 e. The Balaban J connectivity index is 1.85. The fourth-order valence-electron chi connectivity index (χ4n) is 2.06. The van der Waals surface area contributed by atoms with E-state index in [1.54, 1.807) is 0 Å². The molecule has 2 aromatic heterocycles. The number of rotatable bonds is 6. The van der Waals surface area contributed by atoms with Crippen LogP contribution in [0.5, 0.6) is 0 Å². The molecular formula is C13H20ClN5. The zero-order valence-electron chi connectivity index (χ0n) is 11.6. The van der Waals surface area contributed by atoms with Gasteiger partial charge in [-0.1, -0.05) is 11.6 Å². The molecule has 0 radical (unpaired) electrons. The molecule has 19 heavy (non-hydrogen) atoms. The van der Waals surface area contributed by atoms with Gasteiger partial charge in [-0.25, -0.2) is 0 Å². The van der Waals surface area contributed by atoms with Crippen LogP contribution in [-0.2, 0) is 26.6 Å². The van der Waals surface area contributed by atoms with Gasteiger partial charge in [-0.3, -0.25) is 9.36 Å². The fourth-order valence-corrected chi connectivity index (χ4v) is 2.26. The maximum absolute atomic E-state index is 6.25. The summed E-state index contributed by atoms with van der Waals surface area (Å²) in [6.07, 6.45) is 2.87. The quantitative estimate of drug-likeness (QED) is 0.823. The average Bonchev–Trinajstić information content (AvgIpc) is 2.92. The Morgan fingerprint density at radius 2 is 2.16 bits per heavy atom. The first kappa shape index (κ1) is 14.1. The van der Waals surface area contributed by atoms with Crippen LogP contribution in [0.3, 0.4) is 0 Å². The van der Waals surface area contributed by atoms with Crippen molar-refractivity contribution in [2.45, 2.75) is 33.4 Å². The lowest BCUT2D eigenvalue weighted by Crippen LogP contribution is -2.19. The third-order valence-electron chi connectivity index (χ3n) is 3.07. The van der Waals surface area contributed by atoms with E-state index in [2.05, 4.69) is 22.4 Å². The minimum atomic E-state index is 0.736. The van der Waals surface area contributed by atoms with Crippen LogP contribution in [0.15, 0.2) is 12.3 Å². The van der Waals surface area contributed by atoms with Gasteiger partial charge in [0.2, 0.25) is 0 Å². The Labute approximate surface area is 118 Å². The highest BCUT2D eigenvalue weighted by Crippen LogP contribution is 2.19. The zero-order chi connectivity index (χ0) is 13.8. The van der Waals surface area contributed by atoms with Crippen molar-refractivity contribution in [3.63, 3.8) is 0 Å². The van der Waals surface area contributed by atoms with Gasteiger partial charge in [-0.15, -0.1) is 0 Å². The molecule has 2 rings (SSSR count). The molecule has 0 saturated heterocycles. The summed E-state index contributed by atoms with van der Waals surface area (Å²) in [5.41, 5.74) is 3.05. The second kappa shape index (κ2) is 6.21. The number of nitrogens with zero attached hydrogens (tertiary/aromatic N) is 4. The molecule has 0 aliphatic carbocycles. The summed E-state index contributed by atoms with van der Waals surface area (Å²) in [6, 6.07) is 2.04. The minimum Gasteiger partial charge on any atom is -0.311 e. The Bertz CT molecular complexity index is 543. The van der Waals surface area contributed by atoms with Crippen LogP contribution in [-0.4, -0.2) is 26.1 Å². The summed E-state index contributed by atoms with van der Waals surface area (Å²) < 4.78 is 3.77. The molecule has 0 spiro atoms. The van der Waals surface area contributed by atoms with Gasteiger partial charge in [-0.2, -0.15) is 10.2 Å². The van der Waals surface area contributed by atoms with Crippen molar-refractivity contribution in [3.05, 3.63) is 34.4 Å². The Morgan fingerprint density at radius 3 is 2.79 bits per heavy atom. The molecule has 6 heteroatoms. The Kier molecular flexibility index (Phi) is 4.61. The molecule has 5 nitrogen and oxygen atoms in total. The number of hydrogen-bond acceptors (Lipinski definition) is 3. The molecule has 0 fully saturated rings. The summed E-state index contributed by atoms with van der Waals surface area (Å²) in [5.74, 6) is 0. The van der Waals surface area contributed by atoms with Crippen molar-refractivity contribution < 1.29 is 0 Å². The molecule has 2 heterocycles. The Hall–Kier alpha value is -1.33. The normalized spacial score (nSPS) is 11.2. The van der Waals surface area contributed by atoms with E-state index in [9.17, 15) is 0 Å². The maximum atomic E-state index is 6.25. The molecular weight excluding hydrogens is 262 g/mol. The monoisotopic (exact) mass is 281 g/mol. The van der Waals surface area contributed by atoms with Crippen molar-refractivity contribution in [1.82, 2.24) is 24.9 Å². The summed E-state index contributed by atoms with van der Waals surface area (Å²) in [6.45, 7) is 6.46. The molecule has 104 valence electrons. The highest BCUT2D eigenvalue weighted by Gasteiger charge is 2.11. The number of hydrogen-bond donors (Lipinski definition) is 1. The molecule has 0 saturated carbocycles. The van der Waals surface area contributed by atoms with Gasteiger partial charge in [0.15, 0.2) is 0 Å². The number of aromatic nitrogens is 4. The summed E-state index contributed by atoms with van der Waals surface area (Å²) >= 11 is 6.25. The van der Waals surface area contributed by atoms with Crippen molar-refractivity contribution in [2.24, 2.45) is 7.05 Å². The third kappa shape index (κ3) is 3.36. The third-order valence-corrected chi connectivity index (χ3v) is 3.56. The van der Waals surface area contributed by atoms with E-state index in [1.807, 2.05) is 35.6 Å². The highest BCUT2D eigenvalue weighted by molar-refractivity contribution is 6.31. The SMILES string of the molecule is CCn1nc(C)c(Cl)c1CNCCc1ccn(C)n1. The van der Waals surface area contributed by atoms with Gasteiger partial charge in [0, 0.05) is 39.3 Å². The van der Waals surface area contributed by atoms with Crippen LogP contribution in [0.4, 0.5) is 0 Å². The van der Waals surface area contributed by atoms with E-state index >= 15 is 0 Å². The first-order valence-corrected chi connectivity index (χ1v) is 6.90. The van der Waals surface area contributed by atoms with Crippen LogP contribution in [0, 0.1) is 6.92 Å². The van der Waals surface area contributed by atoms with E-state index in [4.69, 9.17) is 11.6 Å². The van der Waals surface area contributed by atoms with Crippen LogP contribution < -0.4 is 5.32 Å². The molecule has 0 aliphatic rings. The van der Waals surface area contributed by atoms with Crippen LogP contribution in [0.1, 0.15) is 24.0 Å². The molecule has 0 aliphatic heterocycles. The predicted octanol–water partition coefficient (Wildman–Crippen LogP) is 1.93. The molecule has 0 unspecified atom stereocenters. The highest BCUT2D eigenvalue weighted by atomic mass is 35.5. The average molecular weight is 282 g/mol. The first-order valence-electron chi connectivity index (χ1n) is 6.52. The van der Waals surface area contributed by atoms with E-state index in [0.29, 0.717) is 0 Å². The second-order valence-corrected chi connectivity index (χ2v) is 4.95. The van der Waals surface area contributed by atoms with Gasteiger partial charge in [0.05, 0.1) is 22.1 Å². The van der Waals surface area contributed by atoms with E-state index in [-0.39, 0.29) is 0 Å². The lowest BCUT2D eigenvalue weighted by atomic mass is 10.3. The van der Waals surface area contributed by atoms with Crippen LogP contribution in [0.2, 0.25) is 5.02 Å². The second-order valence-electron chi connectivity index (χ2n) is 4.57. The molecule has 0 bridgehead atoms. The van der Waals surface area contributed by atoms with Gasteiger partial charge in [0.1, 0.15) is 0 Å². The number of nitrogens with one attached hydrogen (secondary N) is 1. The lowest BCUT2D eigenvalue weighted by Gasteiger charge is -2.06. The number of aryl methyl sites for hydroxylation is 3. The zero-order valence-corrected chi connectivity index (χ0v) is 12.4. The summed E-state index contributed by atoms with van der Waals surface area (Å²) in [5, 5.41) is 12.9. The standard InChI is InChI=1S/C13H20ClN5/c1-4-19-12(13(14)10(2)16-19)9-15-7-5-11-6-8-18(3)17-11/h6,8,15H,4-5,7,9H2,1-3H3. The van der Waals surface area contributed by atoms with Gasteiger partial charge in [0.25, 0.3) is 0 Å². The summed E-state index contributed by atoms with van der Waals surface area (Å²) in [4.78, 5) is 0. The van der Waals surface area contributed by atoms with Crippen LogP contribution in [0.25, 0.3) is 0 Å². The minimum absolute atomic E-state index is 0.736. The van der Waals surface area contributed by atoms with Crippen LogP contribution >= 0.6 is 11.6 Å². The van der Waals surface area contributed by atoms with E-state index in [1.165, 1.54) is 0 Å². The molecule has 0 aromatic carbocycles. The molecule has 0 amide bonds. The molecule has 1 N–H and O–H groups in total. The molecule has 2 aromatic rings. The summed E-state index contributed by atoms with van der Waals surface area (Å²) in [7, 11) is 1.93. The van der Waals surface area contributed by atoms with Gasteiger partial charge in [-0.05, 0) is 19.9 Å². The number of halogens is 1. The fraction of sp³-hybridized carbons (Fsp3) is 0.538. The predicted molar refractivity (Wildman–Crippen MR) is 76.3 cm³/mol. The van der Waals surface area contributed by atoms with E-state index in [0.717, 1.165) is 48.2 Å².